The van der Waals surface area contributed by atoms with E-state index in [-0.39, 0.29) is 5.91 Å². The molecule has 1 spiro atoms. The highest BCUT2D eigenvalue weighted by Crippen LogP contribution is 2.40. The maximum Gasteiger partial charge on any atom is 0.222 e. The van der Waals surface area contributed by atoms with E-state index in [2.05, 4.69) is 41.9 Å². The molecule has 1 amide bonds. The standard InChI is InChI=1S/C24H31N3O/c1-19-6-7-21(20(2)15-19)16-26-13-10-24(11-14-26)9-8-23(28)27(18-24)17-22-5-3-4-12-25-22/h3-7,12,15H,8-11,13-14,16-18H2,1-2H3. The lowest BCUT2D eigenvalue weighted by Gasteiger charge is -2.47. The van der Waals surface area contributed by atoms with Gasteiger partial charge in [0.2, 0.25) is 5.91 Å². The van der Waals surface area contributed by atoms with E-state index in [1.54, 1.807) is 0 Å². The van der Waals surface area contributed by atoms with Crippen LogP contribution in [0.1, 0.15) is 48.1 Å². The lowest BCUT2D eigenvalue weighted by Crippen LogP contribution is -2.51. The van der Waals surface area contributed by atoms with Crippen molar-refractivity contribution in [3.05, 3.63) is 65.0 Å². The number of carbonyl (C=O) groups is 1. The van der Waals surface area contributed by atoms with Crippen LogP contribution in [-0.2, 0) is 17.9 Å². The molecule has 2 aliphatic rings. The molecule has 4 rings (SSSR count). The summed E-state index contributed by atoms with van der Waals surface area (Å²) in [5.74, 6) is 0.286. The quantitative estimate of drug-likeness (QED) is 0.805. The topological polar surface area (TPSA) is 36.4 Å². The van der Waals surface area contributed by atoms with Gasteiger partial charge in [0.25, 0.3) is 0 Å². The third-order valence-corrected chi connectivity index (χ3v) is 6.64. The van der Waals surface area contributed by atoms with Crippen molar-refractivity contribution in [3.8, 4) is 0 Å². The van der Waals surface area contributed by atoms with E-state index < -0.39 is 0 Å². The predicted octanol–water partition coefficient (Wildman–Crippen LogP) is 4.10. The van der Waals surface area contributed by atoms with Crippen LogP contribution in [0.2, 0.25) is 0 Å². The van der Waals surface area contributed by atoms with Crippen molar-refractivity contribution in [2.75, 3.05) is 19.6 Å². The molecular formula is C24H31N3O. The predicted molar refractivity (Wildman–Crippen MR) is 112 cm³/mol. The summed E-state index contributed by atoms with van der Waals surface area (Å²) in [7, 11) is 0. The molecule has 0 N–H and O–H groups in total. The average Bonchev–Trinajstić information content (AvgIpc) is 2.70. The molecule has 0 radical (unpaired) electrons. The first-order valence-corrected chi connectivity index (χ1v) is 10.5. The largest absolute Gasteiger partial charge is 0.336 e. The fourth-order valence-electron chi connectivity index (χ4n) is 4.79. The number of hydrogen-bond acceptors (Lipinski definition) is 3. The Bertz CT molecular complexity index is 825. The van der Waals surface area contributed by atoms with Crippen molar-refractivity contribution in [3.63, 3.8) is 0 Å². The summed E-state index contributed by atoms with van der Waals surface area (Å²) in [6.07, 6.45) is 5.91. The van der Waals surface area contributed by atoms with Gasteiger partial charge in [0.1, 0.15) is 0 Å². The minimum absolute atomic E-state index is 0.286. The summed E-state index contributed by atoms with van der Waals surface area (Å²) < 4.78 is 0. The first-order chi connectivity index (χ1) is 13.5. The highest BCUT2D eigenvalue weighted by Gasteiger charge is 2.40. The number of nitrogens with zero attached hydrogens (tertiary/aromatic N) is 3. The first kappa shape index (κ1) is 19.1. The number of rotatable bonds is 4. The van der Waals surface area contributed by atoms with Gasteiger partial charge in [-0.05, 0) is 74.9 Å². The Labute approximate surface area is 168 Å². The highest BCUT2D eigenvalue weighted by atomic mass is 16.2. The molecule has 4 heteroatoms. The average molecular weight is 378 g/mol. The SMILES string of the molecule is Cc1ccc(CN2CCC3(CCC(=O)N(Cc4ccccn4)C3)CC2)c(C)c1. The van der Waals surface area contributed by atoms with Crippen molar-refractivity contribution in [1.29, 1.82) is 0 Å². The lowest BCUT2D eigenvalue weighted by atomic mass is 9.72. The number of hydrogen-bond donors (Lipinski definition) is 0. The van der Waals surface area contributed by atoms with Crippen LogP contribution in [0.3, 0.4) is 0 Å². The Balaban J connectivity index is 1.37. The fourth-order valence-corrected chi connectivity index (χ4v) is 4.79. The van der Waals surface area contributed by atoms with E-state index >= 15 is 0 Å². The molecule has 0 aliphatic carbocycles. The lowest BCUT2D eigenvalue weighted by molar-refractivity contribution is -0.140. The van der Waals surface area contributed by atoms with Crippen LogP contribution in [0.4, 0.5) is 0 Å². The molecule has 0 unspecified atom stereocenters. The third-order valence-electron chi connectivity index (χ3n) is 6.64. The zero-order valence-corrected chi connectivity index (χ0v) is 17.2. The molecule has 2 saturated heterocycles. The van der Waals surface area contributed by atoms with Crippen LogP contribution in [0, 0.1) is 19.3 Å². The summed E-state index contributed by atoms with van der Waals surface area (Å²) in [5, 5.41) is 0. The zero-order chi connectivity index (χ0) is 19.6. The van der Waals surface area contributed by atoms with E-state index in [4.69, 9.17) is 0 Å². The molecule has 3 heterocycles. The van der Waals surface area contributed by atoms with E-state index in [9.17, 15) is 4.79 Å². The minimum atomic E-state index is 0.286. The Morgan fingerprint density at radius 2 is 1.86 bits per heavy atom. The van der Waals surface area contributed by atoms with Gasteiger partial charge in [0, 0.05) is 25.7 Å². The van der Waals surface area contributed by atoms with Crippen molar-refractivity contribution in [2.45, 2.75) is 52.6 Å². The number of pyridine rings is 1. The number of aromatic nitrogens is 1. The molecule has 0 atom stereocenters. The molecule has 28 heavy (non-hydrogen) atoms. The third kappa shape index (κ3) is 4.27. The molecule has 2 aliphatic heterocycles. The molecule has 1 aromatic carbocycles. The fraction of sp³-hybridized carbons (Fsp3) is 0.500. The number of amides is 1. The Morgan fingerprint density at radius 1 is 1.04 bits per heavy atom. The summed E-state index contributed by atoms with van der Waals surface area (Å²) in [6, 6.07) is 12.7. The van der Waals surface area contributed by atoms with Crippen LogP contribution < -0.4 is 0 Å². The molecule has 2 fully saturated rings. The molecule has 0 bridgehead atoms. The van der Waals surface area contributed by atoms with Gasteiger partial charge in [-0.2, -0.15) is 0 Å². The zero-order valence-electron chi connectivity index (χ0n) is 17.2. The van der Waals surface area contributed by atoms with Crippen LogP contribution in [-0.4, -0.2) is 40.3 Å². The molecule has 1 aromatic heterocycles. The number of likely N-dealkylation sites (tertiary alicyclic amines) is 2. The van der Waals surface area contributed by atoms with Gasteiger partial charge >= 0.3 is 0 Å². The van der Waals surface area contributed by atoms with Gasteiger partial charge in [-0.1, -0.05) is 29.8 Å². The summed E-state index contributed by atoms with van der Waals surface area (Å²) >= 11 is 0. The maximum atomic E-state index is 12.5. The highest BCUT2D eigenvalue weighted by molar-refractivity contribution is 5.77. The van der Waals surface area contributed by atoms with Gasteiger partial charge in [-0.15, -0.1) is 0 Å². The van der Waals surface area contributed by atoms with Crippen LogP contribution in [0.5, 0.6) is 0 Å². The van der Waals surface area contributed by atoms with E-state index in [1.807, 2.05) is 29.3 Å². The first-order valence-electron chi connectivity index (χ1n) is 10.5. The van der Waals surface area contributed by atoms with Crippen LogP contribution >= 0.6 is 0 Å². The Hall–Kier alpha value is -2.20. The van der Waals surface area contributed by atoms with E-state index in [1.165, 1.54) is 29.5 Å². The van der Waals surface area contributed by atoms with Crippen molar-refractivity contribution >= 4 is 5.91 Å². The molecule has 148 valence electrons. The van der Waals surface area contributed by atoms with Crippen LogP contribution in [0.25, 0.3) is 0 Å². The smallest absolute Gasteiger partial charge is 0.222 e. The van der Waals surface area contributed by atoms with E-state index in [0.717, 1.165) is 38.3 Å². The van der Waals surface area contributed by atoms with Gasteiger partial charge in [-0.25, -0.2) is 0 Å². The molecule has 4 nitrogen and oxygen atoms in total. The minimum Gasteiger partial charge on any atom is -0.336 e. The second-order valence-electron chi connectivity index (χ2n) is 8.78. The normalized spacial score (nSPS) is 19.9. The number of carbonyl (C=O) groups excluding carboxylic acids is 1. The molecular weight excluding hydrogens is 346 g/mol. The van der Waals surface area contributed by atoms with E-state index in [0.29, 0.717) is 18.4 Å². The summed E-state index contributed by atoms with van der Waals surface area (Å²) in [4.78, 5) is 21.5. The van der Waals surface area contributed by atoms with Gasteiger partial charge in [-0.3, -0.25) is 14.7 Å². The van der Waals surface area contributed by atoms with Gasteiger partial charge in [0.05, 0.1) is 12.2 Å². The van der Waals surface area contributed by atoms with Crippen molar-refractivity contribution in [1.82, 2.24) is 14.8 Å². The van der Waals surface area contributed by atoms with Crippen molar-refractivity contribution < 1.29 is 4.79 Å². The summed E-state index contributed by atoms with van der Waals surface area (Å²) in [5.41, 5.74) is 5.45. The number of aryl methyl sites for hydroxylation is 2. The monoisotopic (exact) mass is 377 g/mol. The summed E-state index contributed by atoms with van der Waals surface area (Å²) in [6.45, 7) is 9.20. The second kappa shape index (κ2) is 8.04. The van der Waals surface area contributed by atoms with Crippen LogP contribution in [0.15, 0.2) is 42.6 Å². The van der Waals surface area contributed by atoms with Crippen molar-refractivity contribution in [2.24, 2.45) is 5.41 Å². The number of benzene rings is 1. The Kier molecular flexibility index (Phi) is 5.49. The maximum absolute atomic E-state index is 12.5. The van der Waals surface area contributed by atoms with Gasteiger partial charge in [0.15, 0.2) is 0 Å². The second-order valence-corrected chi connectivity index (χ2v) is 8.78. The Morgan fingerprint density at radius 3 is 2.57 bits per heavy atom. The molecule has 0 saturated carbocycles. The number of piperidine rings is 2. The van der Waals surface area contributed by atoms with Gasteiger partial charge < -0.3 is 4.90 Å². The molecule has 2 aromatic rings.